The topological polar surface area (TPSA) is 53.4 Å². The zero-order valence-electron chi connectivity index (χ0n) is 15.8. The predicted molar refractivity (Wildman–Crippen MR) is 106 cm³/mol. The lowest BCUT2D eigenvalue weighted by Crippen LogP contribution is -2.52. The van der Waals surface area contributed by atoms with Crippen LogP contribution >= 0.6 is 11.6 Å². The lowest BCUT2D eigenvalue weighted by Gasteiger charge is -2.38. The van der Waals surface area contributed by atoms with E-state index in [-0.39, 0.29) is 11.9 Å². The highest BCUT2D eigenvalue weighted by atomic mass is 35.5. The predicted octanol–water partition coefficient (Wildman–Crippen LogP) is 2.84. The van der Waals surface area contributed by atoms with E-state index < -0.39 is 0 Å². The van der Waals surface area contributed by atoms with Crippen LogP contribution in [0.2, 0.25) is 5.02 Å². The van der Waals surface area contributed by atoms with Crippen molar-refractivity contribution in [2.75, 3.05) is 36.4 Å². The quantitative estimate of drug-likeness (QED) is 0.892. The second kappa shape index (κ2) is 7.68. The third-order valence-corrected chi connectivity index (χ3v) is 5.41. The van der Waals surface area contributed by atoms with Gasteiger partial charge in [0.25, 0.3) is 0 Å². The largest absolute Gasteiger partial charge is 0.369 e. The Bertz CT molecular complexity index is 795. The molecule has 1 aromatic carbocycles. The van der Waals surface area contributed by atoms with Crippen molar-refractivity contribution in [3.8, 4) is 0 Å². The number of benzene rings is 1. The fourth-order valence-corrected chi connectivity index (χ4v) is 3.57. The summed E-state index contributed by atoms with van der Waals surface area (Å²) in [5.41, 5.74) is 3.77. The van der Waals surface area contributed by atoms with E-state index in [2.05, 4.69) is 26.3 Å². The molecule has 1 aliphatic heterocycles. The molecule has 1 fully saturated rings. The third kappa shape index (κ3) is 3.86. The van der Waals surface area contributed by atoms with E-state index in [1.807, 2.05) is 46.0 Å². The van der Waals surface area contributed by atoms with E-state index in [4.69, 9.17) is 11.6 Å². The molecular formula is C19H26ClN5O. The van der Waals surface area contributed by atoms with Gasteiger partial charge in [0, 0.05) is 43.9 Å². The summed E-state index contributed by atoms with van der Waals surface area (Å²) >= 11 is 6.09. The molecule has 0 aliphatic carbocycles. The lowest BCUT2D eigenvalue weighted by atomic mass is 10.2. The molecule has 1 atom stereocenters. The second-order valence-electron chi connectivity index (χ2n) is 6.84. The van der Waals surface area contributed by atoms with Gasteiger partial charge >= 0.3 is 0 Å². The van der Waals surface area contributed by atoms with E-state index in [0.717, 1.165) is 54.0 Å². The van der Waals surface area contributed by atoms with E-state index in [9.17, 15) is 4.79 Å². The Balaban J connectivity index is 1.59. The van der Waals surface area contributed by atoms with Gasteiger partial charge in [-0.3, -0.25) is 14.4 Å². The molecule has 1 aliphatic rings. The minimum Gasteiger partial charge on any atom is -0.369 e. The van der Waals surface area contributed by atoms with Gasteiger partial charge in [-0.1, -0.05) is 17.7 Å². The second-order valence-corrected chi connectivity index (χ2v) is 7.27. The Hall–Kier alpha value is -2.05. The van der Waals surface area contributed by atoms with Crippen LogP contribution in [0.5, 0.6) is 0 Å². The van der Waals surface area contributed by atoms with Crippen LogP contribution in [-0.4, -0.2) is 52.8 Å². The van der Waals surface area contributed by atoms with Crippen LogP contribution in [0.25, 0.3) is 0 Å². The Kier molecular flexibility index (Phi) is 5.53. The Morgan fingerprint density at radius 2 is 1.92 bits per heavy atom. The molecule has 0 unspecified atom stereocenters. The van der Waals surface area contributed by atoms with Crippen molar-refractivity contribution in [1.29, 1.82) is 0 Å². The number of hydrogen-bond acceptors (Lipinski definition) is 4. The number of halogens is 1. The van der Waals surface area contributed by atoms with Gasteiger partial charge in [0.1, 0.15) is 0 Å². The summed E-state index contributed by atoms with van der Waals surface area (Å²) < 4.78 is 1.79. The molecule has 26 heavy (non-hydrogen) atoms. The zero-order valence-corrected chi connectivity index (χ0v) is 16.5. The standard InChI is InChI=1S/C19H26ClN5O/c1-13-18(14(2)23(4)22-13)21-19(26)15(3)24-8-10-25(11-9-24)17-7-5-6-16(20)12-17/h5-7,12,15H,8-11H2,1-4H3,(H,21,26)/t15-/m0/s1. The number of nitrogens with one attached hydrogen (secondary N) is 1. The molecule has 1 saturated heterocycles. The lowest BCUT2D eigenvalue weighted by molar-refractivity contribution is -0.120. The number of anilines is 2. The number of carbonyl (C=O) groups excluding carboxylic acids is 1. The Morgan fingerprint density at radius 3 is 2.50 bits per heavy atom. The molecule has 7 heteroatoms. The van der Waals surface area contributed by atoms with Crippen LogP contribution in [0.1, 0.15) is 18.3 Å². The Labute approximate surface area is 159 Å². The van der Waals surface area contributed by atoms with Crippen molar-refractivity contribution >= 4 is 28.9 Å². The van der Waals surface area contributed by atoms with Crippen molar-refractivity contribution in [3.05, 3.63) is 40.7 Å². The van der Waals surface area contributed by atoms with Crippen LogP contribution in [0.15, 0.2) is 24.3 Å². The van der Waals surface area contributed by atoms with Gasteiger partial charge in [-0.15, -0.1) is 0 Å². The average molecular weight is 376 g/mol. The summed E-state index contributed by atoms with van der Waals surface area (Å²) in [6, 6.07) is 7.73. The highest BCUT2D eigenvalue weighted by Crippen LogP contribution is 2.22. The minimum absolute atomic E-state index is 0.0143. The number of aromatic nitrogens is 2. The molecule has 1 aromatic heterocycles. The first-order valence-corrected chi connectivity index (χ1v) is 9.30. The molecule has 3 rings (SSSR count). The van der Waals surface area contributed by atoms with E-state index in [0.29, 0.717) is 0 Å². The maximum atomic E-state index is 12.7. The number of amides is 1. The third-order valence-electron chi connectivity index (χ3n) is 5.17. The molecular weight excluding hydrogens is 350 g/mol. The smallest absolute Gasteiger partial charge is 0.241 e. The molecule has 0 saturated carbocycles. The van der Waals surface area contributed by atoms with Crippen molar-refractivity contribution in [2.24, 2.45) is 7.05 Å². The fourth-order valence-electron chi connectivity index (χ4n) is 3.39. The van der Waals surface area contributed by atoms with Gasteiger partial charge in [-0.2, -0.15) is 5.10 Å². The maximum absolute atomic E-state index is 12.7. The van der Waals surface area contributed by atoms with E-state index in [1.54, 1.807) is 4.68 Å². The number of aryl methyl sites for hydroxylation is 2. The number of hydrogen-bond donors (Lipinski definition) is 1. The summed E-state index contributed by atoms with van der Waals surface area (Å²) in [4.78, 5) is 17.2. The van der Waals surface area contributed by atoms with Crippen molar-refractivity contribution in [3.63, 3.8) is 0 Å². The van der Waals surface area contributed by atoms with Crippen LogP contribution in [0, 0.1) is 13.8 Å². The first-order chi connectivity index (χ1) is 12.4. The molecule has 140 valence electrons. The van der Waals surface area contributed by atoms with Crippen molar-refractivity contribution < 1.29 is 4.79 Å². The summed E-state index contributed by atoms with van der Waals surface area (Å²) in [5.74, 6) is 0.0143. The first-order valence-electron chi connectivity index (χ1n) is 8.92. The van der Waals surface area contributed by atoms with Gasteiger partial charge in [-0.05, 0) is 39.0 Å². The minimum atomic E-state index is -0.185. The number of rotatable bonds is 4. The fraction of sp³-hybridized carbons (Fsp3) is 0.474. The monoisotopic (exact) mass is 375 g/mol. The molecule has 6 nitrogen and oxygen atoms in total. The van der Waals surface area contributed by atoms with Gasteiger partial charge < -0.3 is 10.2 Å². The van der Waals surface area contributed by atoms with Gasteiger partial charge in [-0.25, -0.2) is 0 Å². The highest BCUT2D eigenvalue weighted by molar-refractivity contribution is 6.30. The highest BCUT2D eigenvalue weighted by Gasteiger charge is 2.26. The summed E-state index contributed by atoms with van der Waals surface area (Å²) in [5, 5.41) is 8.16. The molecule has 0 radical (unpaired) electrons. The molecule has 1 amide bonds. The van der Waals surface area contributed by atoms with Gasteiger partial charge in [0.05, 0.1) is 23.1 Å². The number of nitrogens with zero attached hydrogens (tertiary/aromatic N) is 4. The zero-order chi connectivity index (χ0) is 18.8. The average Bonchev–Trinajstić information content (AvgIpc) is 2.87. The van der Waals surface area contributed by atoms with Gasteiger partial charge in [0.15, 0.2) is 0 Å². The van der Waals surface area contributed by atoms with Crippen LogP contribution in [0.3, 0.4) is 0 Å². The molecule has 2 aromatic rings. The summed E-state index contributed by atoms with van der Waals surface area (Å²) in [6.45, 7) is 9.27. The summed E-state index contributed by atoms with van der Waals surface area (Å²) in [6.07, 6.45) is 0. The van der Waals surface area contributed by atoms with Gasteiger partial charge in [0.2, 0.25) is 5.91 Å². The SMILES string of the molecule is Cc1nn(C)c(C)c1NC(=O)[C@H](C)N1CCN(c2cccc(Cl)c2)CC1. The van der Waals surface area contributed by atoms with E-state index in [1.165, 1.54) is 0 Å². The van der Waals surface area contributed by atoms with Crippen LogP contribution < -0.4 is 10.2 Å². The number of carbonyl (C=O) groups is 1. The summed E-state index contributed by atoms with van der Waals surface area (Å²) in [7, 11) is 1.89. The van der Waals surface area contributed by atoms with Crippen molar-refractivity contribution in [2.45, 2.75) is 26.8 Å². The number of piperazine rings is 1. The first kappa shape index (κ1) is 18.7. The molecule has 0 spiro atoms. The van der Waals surface area contributed by atoms with Crippen LogP contribution in [-0.2, 0) is 11.8 Å². The van der Waals surface area contributed by atoms with Crippen molar-refractivity contribution in [1.82, 2.24) is 14.7 Å². The maximum Gasteiger partial charge on any atom is 0.241 e. The molecule has 1 N–H and O–H groups in total. The molecule has 0 bridgehead atoms. The Morgan fingerprint density at radius 1 is 1.23 bits per heavy atom. The van der Waals surface area contributed by atoms with E-state index >= 15 is 0 Å². The van der Waals surface area contributed by atoms with Crippen LogP contribution in [0.4, 0.5) is 11.4 Å². The normalized spacial score (nSPS) is 16.6. The molecule has 2 heterocycles.